The first-order valence-electron chi connectivity index (χ1n) is 13.2. The molecule has 3 N–H and O–H groups in total. The van der Waals surface area contributed by atoms with Crippen LogP contribution < -0.4 is 10.6 Å². The Kier molecular flexibility index (Phi) is 9.17. The van der Waals surface area contributed by atoms with Crippen LogP contribution in [0.1, 0.15) is 68.4 Å². The van der Waals surface area contributed by atoms with E-state index < -0.39 is 24.2 Å². The van der Waals surface area contributed by atoms with Crippen molar-refractivity contribution in [3.63, 3.8) is 0 Å². The van der Waals surface area contributed by atoms with Crippen LogP contribution in [-0.4, -0.2) is 58.8 Å². The lowest BCUT2D eigenvalue weighted by atomic mass is 10.1. The Morgan fingerprint density at radius 3 is 2.72 bits per heavy atom. The molecule has 1 aliphatic carbocycles. The molecule has 0 spiro atoms. The van der Waals surface area contributed by atoms with Crippen molar-refractivity contribution in [3.8, 4) is 0 Å². The van der Waals surface area contributed by atoms with E-state index in [2.05, 4.69) is 27.7 Å². The largest absolute Gasteiger partial charge is 0.480 e. The number of pyridine rings is 1. The van der Waals surface area contributed by atoms with Gasteiger partial charge in [-0.1, -0.05) is 36.4 Å². The van der Waals surface area contributed by atoms with Crippen molar-refractivity contribution in [3.05, 3.63) is 59.3 Å². The molecule has 1 fully saturated rings. The minimum atomic E-state index is -1.04. The predicted molar refractivity (Wildman–Crippen MR) is 139 cm³/mol. The van der Waals surface area contributed by atoms with Gasteiger partial charge in [0.2, 0.25) is 0 Å². The Hall–Kier alpha value is -3.13. The minimum Gasteiger partial charge on any atom is -0.480 e. The Labute approximate surface area is 213 Å². The number of benzene rings is 1. The SMILES string of the molecule is C[C@@H](OC(=O)N[C@@H](CCN(CCCCc1ccc2c(n1)NCCC2)C1CC1)C(=O)O)c1ccccc1. The van der Waals surface area contributed by atoms with Crippen LogP contribution in [0.25, 0.3) is 0 Å². The van der Waals surface area contributed by atoms with Gasteiger partial charge in [0.1, 0.15) is 18.0 Å². The number of carboxylic acid groups (broad SMARTS) is 1. The second kappa shape index (κ2) is 12.7. The summed E-state index contributed by atoms with van der Waals surface area (Å²) in [5.74, 6) is 0.00409. The van der Waals surface area contributed by atoms with E-state index in [9.17, 15) is 14.7 Å². The van der Waals surface area contributed by atoms with Gasteiger partial charge in [0.25, 0.3) is 0 Å². The summed E-state index contributed by atoms with van der Waals surface area (Å²) in [6.07, 6.45) is 6.77. The molecule has 1 saturated carbocycles. The predicted octanol–water partition coefficient (Wildman–Crippen LogP) is 4.56. The Morgan fingerprint density at radius 2 is 1.97 bits per heavy atom. The van der Waals surface area contributed by atoms with E-state index in [0.717, 1.165) is 75.1 Å². The van der Waals surface area contributed by atoms with Gasteiger partial charge in [0, 0.05) is 24.8 Å². The number of nitrogens with one attached hydrogen (secondary N) is 2. The van der Waals surface area contributed by atoms with Crippen molar-refractivity contribution in [2.24, 2.45) is 0 Å². The third-order valence-electron chi connectivity index (χ3n) is 6.99. The van der Waals surface area contributed by atoms with Gasteiger partial charge in [-0.15, -0.1) is 0 Å². The molecule has 2 atom stereocenters. The molecule has 0 unspecified atom stereocenters. The number of amides is 1. The summed E-state index contributed by atoms with van der Waals surface area (Å²) in [7, 11) is 0. The van der Waals surface area contributed by atoms with Crippen molar-refractivity contribution in [2.75, 3.05) is 25.0 Å². The highest BCUT2D eigenvalue weighted by Gasteiger charge is 2.30. The van der Waals surface area contributed by atoms with E-state index in [-0.39, 0.29) is 0 Å². The highest BCUT2D eigenvalue weighted by molar-refractivity contribution is 5.79. The molecule has 4 rings (SSSR count). The van der Waals surface area contributed by atoms with E-state index in [1.54, 1.807) is 6.92 Å². The number of carboxylic acids is 1. The van der Waals surface area contributed by atoms with Crippen molar-refractivity contribution in [1.29, 1.82) is 0 Å². The highest BCUT2D eigenvalue weighted by Crippen LogP contribution is 2.28. The first-order chi connectivity index (χ1) is 17.5. The molecular weight excluding hydrogens is 456 g/mol. The van der Waals surface area contributed by atoms with Crippen LogP contribution in [0.15, 0.2) is 42.5 Å². The van der Waals surface area contributed by atoms with Crippen molar-refractivity contribution < 1.29 is 19.4 Å². The molecule has 0 bridgehead atoms. The first-order valence-corrected chi connectivity index (χ1v) is 13.2. The van der Waals surface area contributed by atoms with Crippen molar-refractivity contribution in [2.45, 2.75) is 76.5 Å². The lowest BCUT2D eigenvalue weighted by Gasteiger charge is -2.24. The molecule has 0 radical (unpaired) electrons. The van der Waals surface area contributed by atoms with Crippen molar-refractivity contribution >= 4 is 17.9 Å². The molecule has 194 valence electrons. The molecule has 8 heteroatoms. The van der Waals surface area contributed by atoms with Crippen LogP contribution >= 0.6 is 0 Å². The Morgan fingerprint density at radius 1 is 1.17 bits per heavy atom. The van der Waals surface area contributed by atoms with Crippen LogP contribution in [0.3, 0.4) is 0 Å². The summed E-state index contributed by atoms with van der Waals surface area (Å²) in [6.45, 7) is 4.33. The number of aryl methyl sites for hydroxylation is 2. The van der Waals surface area contributed by atoms with Crippen molar-refractivity contribution in [1.82, 2.24) is 15.2 Å². The molecule has 8 nitrogen and oxygen atoms in total. The number of anilines is 1. The number of nitrogens with zero attached hydrogens (tertiary/aromatic N) is 2. The zero-order chi connectivity index (χ0) is 25.3. The van der Waals surface area contributed by atoms with Crippen LogP contribution in [0, 0.1) is 0 Å². The molecule has 1 aromatic heterocycles. The molecule has 1 aliphatic heterocycles. The van der Waals surface area contributed by atoms with E-state index in [4.69, 9.17) is 9.72 Å². The summed E-state index contributed by atoms with van der Waals surface area (Å²) in [5, 5.41) is 15.6. The standard InChI is InChI=1S/C28H38N4O4/c1-20(21-8-3-2-4-9-21)36-28(35)31-25(27(33)34)16-19-32(24-14-15-24)18-6-5-11-23-13-12-22-10-7-17-29-26(22)30-23/h2-4,8-9,12-13,20,24-25H,5-7,10-11,14-19H2,1H3,(H,29,30)(H,31,35)(H,33,34)/t20-,25+/m1/s1. The summed E-state index contributed by atoms with van der Waals surface area (Å²) < 4.78 is 5.40. The number of aromatic nitrogens is 1. The maximum Gasteiger partial charge on any atom is 0.408 e. The number of hydrogen-bond acceptors (Lipinski definition) is 6. The third-order valence-corrected chi connectivity index (χ3v) is 6.99. The topological polar surface area (TPSA) is 104 Å². The molecular formula is C28H38N4O4. The number of unbranched alkanes of at least 4 members (excludes halogenated alkanes) is 1. The Bertz CT molecular complexity index is 1010. The maximum absolute atomic E-state index is 12.3. The van der Waals surface area contributed by atoms with Gasteiger partial charge in [-0.2, -0.15) is 0 Å². The number of hydrogen-bond donors (Lipinski definition) is 3. The molecule has 2 heterocycles. The Balaban J connectivity index is 1.20. The van der Waals surface area contributed by atoms with Gasteiger partial charge >= 0.3 is 12.1 Å². The van der Waals surface area contributed by atoms with Gasteiger partial charge < -0.3 is 25.4 Å². The molecule has 2 aromatic rings. The van der Waals surface area contributed by atoms with Gasteiger partial charge in [-0.3, -0.25) is 0 Å². The number of ether oxygens (including phenoxy) is 1. The fourth-order valence-corrected chi connectivity index (χ4v) is 4.73. The summed E-state index contributed by atoms with van der Waals surface area (Å²) in [6, 6.07) is 13.3. The molecule has 0 saturated heterocycles. The highest BCUT2D eigenvalue weighted by atomic mass is 16.6. The second-order valence-corrected chi connectivity index (χ2v) is 9.85. The van der Waals surface area contributed by atoms with Crippen LogP contribution in [0.5, 0.6) is 0 Å². The number of carbonyl (C=O) groups excluding carboxylic acids is 1. The van der Waals surface area contributed by atoms with E-state index in [1.807, 2.05) is 30.3 Å². The number of rotatable bonds is 13. The smallest absolute Gasteiger partial charge is 0.408 e. The quantitative estimate of drug-likeness (QED) is 0.351. The van der Waals surface area contributed by atoms with Crippen LogP contribution in [-0.2, 0) is 22.4 Å². The van der Waals surface area contributed by atoms with E-state index >= 15 is 0 Å². The average Bonchev–Trinajstić information content (AvgIpc) is 3.73. The molecule has 2 aliphatic rings. The summed E-state index contributed by atoms with van der Waals surface area (Å²) in [4.78, 5) is 31.3. The average molecular weight is 495 g/mol. The van der Waals surface area contributed by atoms with Gasteiger partial charge in [-0.05, 0) is 82.0 Å². The van der Waals surface area contributed by atoms with E-state index in [1.165, 1.54) is 5.56 Å². The van der Waals surface area contributed by atoms with Gasteiger partial charge in [-0.25, -0.2) is 14.6 Å². The van der Waals surface area contributed by atoms with Gasteiger partial charge in [0.05, 0.1) is 0 Å². The molecule has 1 aromatic carbocycles. The third kappa shape index (κ3) is 7.68. The lowest BCUT2D eigenvalue weighted by molar-refractivity contribution is -0.139. The summed E-state index contributed by atoms with van der Waals surface area (Å²) in [5.41, 5.74) is 3.30. The molecule has 36 heavy (non-hydrogen) atoms. The fourth-order valence-electron chi connectivity index (χ4n) is 4.73. The lowest BCUT2D eigenvalue weighted by Crippen LogP contribution is -2.44. The molecule has 1 amide bonds. The van der Waals surface area contributed by atoms with E-state index in [0.29, 0.717) is 19.0 Å². The number of aliphatic carboxylic acids is 1. The van der Waals surface area contributed by atoms with Crippen LogP contribution in [0.4, 0.5) is 10.6 Å². The normalized spacial score (nSPS) is 16.5. The first kappa shape index (κ1) is 25.9. The zero-order valence-electron chi connectivity index (χ0n) is 21.1. The van der Waals surface area contributed by atoms with Crippen LogP contribution in [0.2, 0.25) is 0 Å². The maximum atomic E-state index is 12.3. The second-order valence-electron chi connectivity index (χ2n) is 9.85. The fraction of sp³-hybridized carbons (Fsp3) is 0.536. The minimum absolute atomic E-state index is 0.346. The monoisotopic (exact) mass is 494 g/mol. The van der Waals surface area contributed by atoms with Gasteiger partial charge in [0.15, 0.2) is 0 Å². The number of alkyl carbamates (subject to hydrolysis) is 1. The number of fused-ring (bicyclic) bond motifs is 1. The summed E-state index contributed by atoms with van der Waals surface area (Å²) >= 11 is 0. The number of carbonyl (C=O) groups is 2. The zero-order valence-corrected chi connectivity index (χ0v) is 21.1.